The van der Waals surface area contributed by atoms with E-state index >= 15 is 0 Å². The number of anilines is 1. The number of nitrogens with one attached hydrogen (secondary N) is 2. The van der Waals surface area contributed by atoms with Crippen molar-refractivity contribution in [2.24, 2.45) is 0 Å². The minimum atomic E-state index is -3.51. The number of carbonyl (C=O) groups excluding carboxylic acids is 1. The molecule has 0 atom stereocenters. The van der Waals surface area contributed by atoms with E-state index in [2.05, 4.69) is 15.6 Å². The SMILES string of the molecule is CS(=O)(=O)C1(C(=O)Nc2ccc(-c3nccs3)cc2)CCNCC1. The summed E-state index contributed by atoms with van der Waals surface area (Å²) in [5, 5.41) is 8.67. The molecule has 1 aliphatic heterocycles. The summed E-state index contributed by atoms with van der Waals surface area (Å²) in [5.41, 5.74) is 1.55. The molecule has 1 aromatic carbocycles. The maximum absolute atomic E-state index is 12.7. The highest BCUT2D eigenvalue weighted by atomic mass is 32.2. The minimum Gasteiger partial charge on any atom is -0.325 e. The monoisotopic (exact) mass is 365 g/mol. The van der Waals surface area contributed by atoms with Gasteiger partial charge in [0.2, 0.25) is 5.91 Å². The first-order chi connectivity index (χ1) is 11.4. The lowest BCUT2D eigenvalue weighted by molar-refractivity contribution is -0.119. The first-order valence-corrected chi connectivity index (χ1v) is 10.4. The molecule has 1 amide bonds. The average molecular weight is 365 g/mol. The molecule has 0 spiro atoms. The van der Waals surface area contributed by atoms with Crippen LogP contribution in [0.15, 0.2) is 35.8 Å². The number of hydrogen-bond donors (Lipinski definition) is 2. The van der Waals surface area contributed by atoms with Gasteiger partial charge in [-0.25, -0.2) is 13.4 Å². The van der Waals surface area contributed by atoms with Crippen LogP contribution in [0.3, 0.4) is 0 Å². The molecule has 2 N–H and O–H groups in total. The van der Waals surface area contributed by atoms with Crippen LogP contribution in [0, 0.1) is 0 Å². The van der Waals surface area contributed by atoms with Gasteiger partial charge in [0.1, 0.15) is 5.01 Å². The lowest BCUT2D eigenvalue weighted by Crippen LogP contribution is -2.55. The summed E-state index contributed by atoms with van der Waals surface area (Å²) in [5.74, 6) is -0.450. The van der Waals surface area contributed by atoms with E-state index < -0.39 is 20.5 Å². The van der Waals surface area contributed by atoms with E-state index in [0.717, 1.165) is 16.8 Å². The van der Waals surface area contributed by atoms with Crippen molar-refractivity contribution in [2.45, 2.75) is 17.6 Å². The quantitative estimate of drug-likeness (QED) is 0.864. The summed E-state index contributed by atoms with van der Waals surface area (Å²) in [6.07, 6.45) is 3.45. The molecule has 0 bridgehead atoms. The smallest absolute Gasteiger partial charge is 0.245 e. The summed E-state index contributed by atoms with van der Waals surface area (Å²) >= 11 is 1.54. The maximum atomic E-state index is 12.7. The second-order valence-electron chi connectivity index (χ2n) is 5.89. The summed E-state index contributed by atoms with van der Waals surface area (Å²) in [4.78, 5) is 17.0. The number of rotatable bonds is 4. The Morgan fingerprint density at radius 2 is 1.92 bits per heavy atom. The number of aromatic nitrogens is 1. The minimum absolute atomic E-state index is 0.287. The van der Waals surface area contributed by atoms with Crippen LogP contribution in [-0.4, -0.2) is 43.4 Å². The fourth-order valence-electron chi connectivity index (χ4n) is 2.90. The van der Waals surface area contributed by atoms with Crippen molar-refractivity contribution in [3.05, 3.63) is 35.8 Å². The molecule has 1 aliphatic rings. The van der Waals surface area contributed by atoms with Gasteiger partial charge in [0.05, 0.1) is 0 Å². The van der Waals surface area contributed by atoms with E-state index in [1.54, 1.807) is 18.3 Å². The second-order valence-corrected chi connectivity index (χ2v) is 9.11. The van der Waals surface area contributed by atoms with E-state index in [-0.39, 0.29) is 12.8 Å². The third-order valence-electron chi connectivity index (χ3n) is 4.36. The molecule has 0 radical (unpaired) electrons. The Morgan fingerprint density at radius 1 is 1.25 bits per heavy atom. The summed E-state index contributed by atoms with van der Waals surface area (Å²) in [6, 6.07) is 7.27. The molecule has 2 aromatic rings. The predicted molar refractivity (Wildman–Crippen MR) is 95.9 cm³/mol. The van der Waals surface area contributed by atoms with Gasteiger partial charge in [0, 0.05) is 29.1 Å². The maximum Gasteiger partial charge on any atom is 0.245 e. The van der Waals surface area contributed by atoms with Crippen LogP contribution in [0.1, 0.15) is 12.8 Å². The van der Waals surface area contributed by atoms with Gasteiger partial charge in [-0.3, -0.25) is 4.79 Å². The van der Waals surface area contributed by atoms with E-state index in [1.807, 2.05) is 17.5 Å². The predicted octanol–water partition coefficient (Wildman–Crippen LogP) is 1.92. The number of hydrogen-bond acceptors (Lipinski definition) is 6. The molecule has 2 heterocycles. The molecule has 0 unspecified atom stereocenters. The van der Waals surface area contributed by atoms with Gasteiger partial charge >= 0.3 is 0 Å². The van der Waals surface area contributed by atoms with Crippen LogP contribution in [0.5, 0.6) is 0 Å². The number of nitrogens with zero attached hydrogens (tertiary/aromatic N) is 1. The topological polar surface area (TPSA) is 88.2 Å². The Hall–Kier alpha value is -1.77. The number of carbonyl (C=O) groups is 1. The van der Waals surface area contributed by atoms with Gasteiger partial charge in [-0.15, -0.1) is 11.3 Å². The summed E-state index contributed by atoms with van der Waals surface area (Å²) in [6.45, 7) is 1.03. The Kier molecular flexibility index (Phi) is 4.71. The second kappa shape index (κ2) is 6.62. The Bertz CT molecular complexity index is 809. The Labute approximate surface area is 145 Å². The molecule has 1 aromatic heterocycles. The van der Waals surface area contributed by atoms with Crippen LogP contribution in [0.4, 0.5) is 5.69 Å². The van der Waals surface area contributed by atoms with Gasteiger partial charge < -0.3 is 10.6 Å². The van der Waals surface area contributed by atoms with Crippen molar-refractivity contribution >= 4 is 32.8 Å². The van der Waals surface area contributed by atoms with Gasteiger partial charge in [0.25, 0.3) is 0 Å². The van der Waals surface area contributed by atoms with Crippen molar-refractivity contribution in [1.29, 1.82) is 0 Å². The standard InChI is InChI=1S/C16H19N3O3S2/c1-24(21,22)16(6-8-17-9-7-16)15(20)19-13-4-2-12(3-5-13)14-18-10-11-23-14/h2-5,10-11,17H,6-9H2,1H3,(H,19,20). The lowest BCUT2D eigenvalue weighted by Gasteiger charge is -2.34. The normalized spacial score (nSPS) is 17.4. The molecular weight excluding hydrogens is 346 g/mol. The highest BCUT2D eigenvalue weighted by Gasteiger charge is 2.48. The van der Waals surface area contributed by atoms with Crippen LogP contribution in [-0.2, 0) is 14.6 Å². The molecule has 0 saturated carbocycles. The first-order valence-electron chi connectivity index (χ1n) is 7.64. The van der Waals surface area contributed by atoms with Crippen LogP contribution >= 0.6 is 11.3 Å². The van der Waals surface area contributed by atoms with Crippen molar-refractivity contribution < 1.29 is 13.2 Å². The van der Waals surface area contributed by atoms with Crippen LogP contribution in [0.25, 0.3) is 10.6 Å². The van der Waals surface area contributed by atoms with Crippen molar-refractivity contribution in [3.63, 3.8) is 0 Å². The fraction of sp³-hybridized carbons (Fsp3) is 0.375. The Balaban J connectivity index is 1.80. The molecule has 1 saturated heterocycles. The number of thiazole rings is 1. The Morgan fingerprint density at radius 3 is 2.46 bits per heavy atom. The molecule has 3 rings (SSSR count). The van der Waals surface area contributed by atoms with E-state index in [1.165, 1.54) is 11.3 Å². The lowest BCUT2D eigenvalue weighted by atomic mass is 9.95. The molecule has 128 valence electrons. The number of piperidine rings is 1. The largest absolute Gasteiger partial charge is 0.325 e. The van der Waals surface area contributed by atoms with Crippen LogP contribution in [0.2, 0.25) is 0 Å². The van der Waals surface area contributed by atoms with Crippen LogP contribution < -0.4 is 10.6 Å². The number of sulfone groups is 1. The van der Waals surface area contributed by atoms with Gasteiger partial charge in [-0.05, 0) is 50.2 Å². The van der Waals surface area contributed by atoms with E-state index in [0.29, 0.717) is 18.8 Å². The van der Waals surface area contributed by atoms with Crippen molar-refractivity contribution in [2.75, 3.05) is 24.7 Å². The van der Waals surface area contributed by atoms with Gasteiger partial charge in [-0.1, -0.05) is 0 Å². The highest BCUT2D eigenvalue weighted by molar-refractivity contribution is 7.92. The average Bonchev–Trinajstić information content (AvgIpc) is 3.09. The summed E-state index contributed by atoms with van der Waals surface area (Å²) < 4.78 is 23.2. The molecule has 8 heteroatoms. The van der Waals surface area contributed by atoms with Gasteiger partial charge in [0.15, 0.2) is 14.6 Å². The number of benzene rings is 1. The van der Waals surface area contributed by atoms with E-state index in [4.69, 9.17) is 0 Å². The van der Waals surface area contributed by atoms with E-state index in [9.17, 15) is 13.2 Å². The third kappa shape index (κ3) is 3.22. The molecule has 1 fully saturated rings. The third-order valence-corrected chi connectivity index (χ3v) is 7.19. The van der Waals surface area contributed by atoms with Gasteiger partial charge in [-0.2, -0.15) is 0 Å². The summed E-state index contributed by atoms with van der Waals surface area (Å²) in [7, 11) is -3.51. The zero-order valence-electron chi connectivity index (χ0n) is 13.3. The fourth-order valence-corrected chi connectivity index (χ4v) is 4.88. The molecule has 0 aliphatic carbocycles. The molecule has 6 nitrogen and oxygen atoms in total. The van der Waals surface area contributed by atoms with Crippen molar-refractivity contribution in [1.82, 2.24) is 10.3 Å². The first kappa shape index (κ1) is 17.1. The zero-order valence-corrected chi connectivity index (χ0v) is 14.9. The highest BCUT2D eigenvalue weighted by Crippen LogP contribution is 2.30. The molecule has 24 heavy (non-hydrogen) atoms. The number of amides is 1. The molecular formula is C16H19N3O3S2. The van der Waals surface area contributed by atoms with Crippen molar-refractivity contribution in [3.8, 4) is 10.6 Å². The zero-order chi connectivity index (χ0) is 17.2.